The quantitative estimate of drug-likeness (QED) is 0.520. The highest BCUT2D eigenvalue weighted by Crippen LogP contribution is 2.32. The summed E-state index contributed by atoms with van der Waals surface area (Å²) in [6, 6.07) is 21.8. The molecule has 3 aromatic carbocycles. The second-order valence-corrected chi connectivity index (χ2v) is 6.70. The summed E-state index contributed by atoms with van der Waals surface area (Å²) in [6.45, 7) is 0.431. The Kier molecular flexibility index (Phi) is 6.18. The largest absolute Gasteiger partial charge is 0.456 e. The van der Waals surface area contributed by atoms with Crippen molar-refractivity contribution in [3.8, 4) is 17.6 Å². The Balaban J connectivity index is 0.00000240. The van der Waals surface area contributed by atoms with Crippen LogP contribution < -0.4 is 10.5 Å². The molecule has 146 valence electrons. The van der Waals surface area contributed by atoms with Crippen LogP contribution in [-0.4, -0.2) is 16.1 Å². The Hall–Kier alpha value is -3.33. The van der Waals surface area contributed by atoms with Gasteiger partial charge in [-0.2, -0.15) is 5.26 Å². The zero-order valence-electron chi connectivity index (χ0n) is 15.9. The molecule has 1 unspecified atom stereocenters. The van der Waals surface area contributed by atoms with Crippen LogP contribution in [0.4, 0.5) is 0 Å². The molecule has 1 atom stereocenters. The van der Waals surface area contributed by atoms with Gasteiger partial charge >= 0.3 is 0 Å². The molecular weight excluding hydrogens is 384 g/mol. The van der Waals surface area contributed by atoms with Gasteiger partial charge in [0.1, 0.15) is 17.6 Å². The smallest absolute Gasteiger partial charge is 0.145 e. The Morgan fingerprint density at radius 2 is 1.90 bits per heavy atom. The number of hydrogen-bond donors (Lipinski definition) is 1. The van der Waals surface area contributed by atoms with Crippen LogP contribution in [0, 0.1) is 11.3 Å². The maximum Gasteiger partial charge on any atom is 0.145 e. The van der Waals surface area contributed by atoms with Gasteiger partial charge in [-0.25, -0.2) is 4.98 Å². The van der Waals surface area contributed by atoms with Crippen LogP contribution in [0.15, 0.2) is 73.2 Å². The summed E-state index contributed by atoms with van der Waals surface area (Å²) in [6.07, 6.45) is 3.58. The van der Waals surface area contributed by atoms with E-state index in [4.69, 9.17) is 10.5 Å². The first-order valence-electron chi connectivity index (χ1n) is 9.06. The predicted octanol–water partition coefficient (Wildman–Crippen LogP) is 4.75. The van der Waals surface area contributed by atoms with E-state index >= 15 is 0 Å². The van der Waals surface area contributed by atoms with E-state index < -0.39 is 0 Å². The van der Waals surface area contributed by atoms with Crippen LogP contribution in [0.2, 0.25) is 0 Å². The number of aryl methyl sites for hydroxylation is 1. The fourth-order valence-corrected chi connectivity index (χ4v) is 3.42. The maximum atomic E-state index is 9.51. The number of ether oxygens (including phenoxy) is 1. The van der Waals surface area contributed by atoms with E-state index in [2.05, 4.69) is 17.1 Å². The molecule has 0 saturated carbocycles. The molecule has 1 aromatic heterocycles. The third kappa shape index (κ3) is 4.09. The molecular formula is C23H21ClN4O. The normalized spacial score (nSPS) is 11.5. The Morgan fingerprint density at radius 1 is 1.10 bits per heavy atom. The van der Waals surface area contributed by atoms with E-state index in [1.54, 1.807) is 12.4 Å². The van der Waals surface area contributed by atoms with E-state index in [1.807, 2.05) is 66.3 Å². The molecule has 0 amide bonds. The molecule has 0 aliphatic carbocycles. The summed E-state index contributed by atoms with van der Waals surface area (Å²) in [5.74, 6) is 1.19. The molecule has 0 radical (unpaired) electrons. The van der Waals surface area contributed by atoms with Gasteiger partial charge in [0, 0.05) is 31.4 Å². The molecule has 0 bridgehead atoms. The number of halogens is 1. The monoisotopic (exact) mass is 404 g/mol. The molecule has 4 aromatic rings. The highest BCUT2D eigenvalue weighted by molar-refractivity contribution is 5.85. The van der Waals surface area contributed by atoms with Gasteiger partial charge in [-0.05, 0) is 40.6 Å². The summed E-state index contributed by atoms with van der Waals surface area (Å²) in [7, 11) is 1.95. The van der Waals surface area contributed by atoms with Crippen LogP contribution in [0.1, 0.15) is 22.7 Å². The lowest BCUT2D eigenvalue weighted by molar-refractivity contribution is 0.480. The van der Waals surface area contributed by atoms with E-state index in [9.17, 15) is 5.26 Å². The molecule has 1 heterocycles. The highest BCUT2D eigenvalue weighted by Gasteiger charge is 2.18. The second kappa shape index (κ2) is 8.78. The summed E-state index contributed by atoms with van der Waals surface area (Å²) >= 11 is 0. The van der Waals surface area contributed by atoms with E-state index in [0.717, 1.165) is 22.0 Å². The molecule has 0 spiro atoms. The SMILES string of the molecule is Cl.Cn1cncc1C(CN)c1ccc(C#N)c(Oc2ccc3ccccc3c2)c1. The molecule has 5 nitrogen and oxygen atoms in total. The van der Waals surface area contributed by atoms with Crippen LogP contribution >= 0.6 is 12.4 Å². The first kappa shape index (κ1) is 20.4. The van der Waals surface area contributed by atoms with Crippen LogP contribution in [-0.2, 0) is 7.05 Å². The van der Waals surface area contributed by atoms with E-state index in [-0.39, 0.29) is 18.3 Å². The van der Waals surface area contributed by atoms with Crippen molar-refractivity contribution in [3.63, 3.8) is 0 Å². The number of rotatable bonds is 5. The summed E-state index contributed by atoms with van der Waals surface area (Å²) in [5, 5.41) is 11.7. The number of hydrogen-bond acceptors (Lipinski definition) is 4. The lowest BCUT2D eigenvalue weighted by atomic mass is 9.94. The fraction of sp³-hybridized carbons (Fsp3) is 0.130. The van der Waals surface area contributed by atoms with Crippen molar-refractivity contribution >= 4 is 23.2 Å². The van der Waals surface area contributed by atoms with Gasteiger partial charge in [0.25, 0.3) is 0 Å². The lowest BCUT2D eigenvalue weighted by Gasteiger charge is -2.18. The molecule has 0 aliphatic rings. The number of nitriles is 1. The first-order valence-corrected chi connectivity index (χ1v) is 9.06. The summed E-state index contributed by atoms with van der Waals surface area (Å²) in [4.78, 5) is 4.19. The highest BCUT2D eigenvalue weighted by atomic mass is 35.5. The molecule has 0 saturated heterocycles. The zero-order valence-corrected chi connectivity index (χ0v) is 16.8. The van der Waals surface area contributed by atoms with Crippen molar-refractivity contribution in [1.82, 2.24) is 9.55 Å². The van der Waals surface area contributed by atoms with Crippen molar-refractivity contribution < 1.29 is 4.74 Å². The average molecular weight is 405 g/mol. The van der Waals surface area contributed by atoms with Crippen LogP contribution in [0.5, 0.6) is 11.5 Å². The van der Waals surface area contributed by atoms with Gasteiger partial charge in [0.15, 0.2) is 0 Å². The van der Waals surface area contributed by atoms with E-state index in [0.29, 0.717) is 23.6 Å². The number of aromatic nitrogens is 2. The van der Waals surface area contributed by atoms with Crippen LogP contribution in [0.25, 0.3) is 10.8 Å². The molecule has 29 heavy (non-hydrogen) atoms. The number of nitrogens with two attached hydrogens (primary N) is 1. The van der Waals surface area contributed by atoms with Gasteiger partial charge < -0.3 is 15.0 Å². The van der Waals surface area contributed by atoms with Crippen molar-refractivity contribution in [2.75, 3.05) is 6.54 Å². The minimum absolute atomic E-state index is 0. The number of fused-ring (bicyclic) bond motifs is 1. The maximum absolute atomic E-state index is 9.51. The van der Waals surface area contributed by atoms with Crippen molar-refractivity contribution in [2.45, 2.75) is 5.92 Å². The third-order valence-electron chi connectivity index (χ3n) is 4.92. The van der Waals surface area contributed by atoms with Gasteiger partial charge in [-0.3, -0.25) is 0 Å². The number of imidazole rings is 1. The summed E-state index contributed by atoms with van der Waals surface area (Å²) < 4.78 is 8.06. The van der Waals surface area contributed by atoms with Crippen molar-refractivity contribution in [3.05, 3.63) is 90.0 Å². The predicted molar refractivity (Wildman–Crippen MR) is 117 cm³/mol. The second-order valence-electron chi connectivity index (χ2n) is 6.70. The molecule has 0 aliphatic heterocycles. The molecule has 4 rings (SSSR count). The molecule has 2 N–H and O–H groups in total. The lowest BCUT2D eigenvalue weighted by Crippen LogP contribution is -2.16. The van der Waals surface area contributed by atoms with Crippen molar-refractivity contribution in [1.29, 1.82) is 5.26 Å². The first-order chi connectivity index (χ1) is 13.7. The van der Waals surface area contributed by atoms with Crippen LogP contribution in [0.3, 0.4) is 0 Å². The minimum atomic E-state index is -0.0285. The third-order valence-corrected chi connectivity index (χ3v) is 4.92. The van der Waals surface area contributed by atoms with Crippen molar-refractivity contribution in [2.24, 2.45) is 12.8 Å². The van der Waals surface area contributed by atoms with Gasteiger partial charge in [0.05, 0.1) is 11.9 Å². The Labute approximate surface area is 175 Å². The Bertz CT molecular complexity index is 1180. The van der Waals surface area contributed by atoms with Gasteiger partial charge in [-0.15, -0.1) is 12.4 Å². The molecule has 0 fully saturated rings. The van der Waals surface area contributed by atoms with E-state index in [1.165, 1.54) is 0 Å². The summed E-state index contributed by atoms with van der Waals surface area (Å²) in [5.41, 5.74) is 8.54. The minimum Gasteiger partial charge on any atom is -0.456 e. The average Bonchev–Trinajstić information content (AvgIpc) is 3.14. The fourth-order valence-electron chi connectivity index (χ4n) is 3.42. The number of nitrogens with zero attached hydrogens (tertiary/aromatic N) is 3. The zero-order chi connectivity index (χ0) is 19.5. The molecule has 6 heteroatoms. The number of benzene rings is 3. The standard InChI is InChI=1S/C23H20N4O.ClH/c1-27-15-26-14-22(27)21(13-25)18-6-7-19(12-24)23(11-18)28-20-9-8-16-4-2-3-5-17(16)10-20;/h2-11,14-15,21H,13,25H2,1H3;1H. The van der Waals surface area contributed by atoms with Gasteiger partial charge in [-0.1, -0.05) is 36.4 Å². The topological polar surface area (TPSA) is 76.9 Å². The van der Waals surface area contributed by atoms with Gasteiger partial charge in [0.2, 0.25) is 0 Å². The Morgan fingerprint density at radius 3 is 2.59 bits per heavy atom.